The second-order valence-electron chi connectivity index (χ2n) is 2.70. The third-order valence-electron chi connectivity index (χ3n) is 1.78. The van der Waals surface area contributed by atoms with Gasteiger partial charge in [-0.25, -0.2) is 4.79 Å². The first-order chi connectivity index (χ1) is 6.19. The fourth-order valence-corrected chi connectivity index (χ4v) is 1.11. The molecule has 0 bridgehead atoms. The highest BCUT2D eigenvalue weighted by atomic mass is 16.5. The van der Waals surface area contributed by atoms with Gasteiger partial charge in [0.25, 0.3) is 0 Å². The van der Waals surface area contributed by atoms with Gasteiger partial charge in [0.15, 0.2) is 0 Å². The summed E-state index contributed by atoms with van der Waals surface area (Å²) >= 11 is 0. The van der Waals surface area contributed by atoms with Crippen LogP contribution >= 0.6 is 0 Å². The molecule has 0 aliphatic heterocycles. The normalized spacial score (nSPS) is 9.77. The van der Waals surface area contributed by atoms with Crippen molar-refractivity contribution in [2.24, 2.45) is 7.05 Å². The molecule has 0 saturated carbocycles. The number of anilines is 1. The molecule has 1 rings (SSSR count). The summed E-state index contributed by atoms with van der Waals surface area (Å²) < 4.78 is 6.62. The number of hydrogen-bond donors (Lipinski definition) is 1. The molecule has 0 aromatic carbocycles. The van der Waals surface area contributed by atoms with Crippen LogP contribution in [-0.4, -0.2) is 24.2 Å². The predicted molar refractivity (Wildman–Crippen MR) is 50.9 cm³/mol. The highest BCUT2D eigenvalue weighted by Gasteiger charge is 2.11. The van der Waals surface area contributed by atoms with Gasteiger partial charge in [0, 0.05) is 20.3 Å². The van der Waals surface area contributed by atoms with Crippen molar-refractivity contribution in [3.8, 4) is 0 Å². The van der Waals surface area contributed by atoms with Gasteiger partial charge < -0.3 is 14.6 Å². The average Bonchev–Trinajstić information content (AvgIpc) is 2.47. The van der Waals surface area contributed by atoms with E-state index in [1.165, 1.54) is 0 Å². The molecule has 0 fully saturated rings. The second kappa shape index (κ2) is 3.98. The quantitative estimate of drug-likeness (QED) is 0.715. The number of rotatable bonds is 3. The maximum Gasteiger partial charge on any atom is 0.355 e. The molecule has 4 heteroatoms. The molecule has 0 unspecified atom stereocenters. The van der Waals surface area contributed by atoms with Gasteiger partial charge in [-0.2, -0.15) is 0 Å². The fourth-order valence-electron chi connectivity index (χ4n) is 1.11. The minimum atomic E-state index is -0.286. The molecule has 0 aliphatic carbocycles. The summed E-state index contributed by atoms with van der Waals surface area (Å²) in [5.74, 6) is -0.286. The first kappa shape index (κ1) is 9.64. The molecule has 1 N–H and O–H groups in total. The summed E-state index contributed by atoms with van der Waals surface area (Å²) in [5, 5.41) is 2.96. The highest BCUT2D eigenvalue weighted by molar-refractivity contribution is 5.89. The number of carbonyl (C=O) groups excluding carboxylic acids is 1. The Bertz CT molecular complexity index is 305. The SMILES string of the molecule is CCOC(=O)c1cc(NC)cn1C. The zero-order valence-corrected chi connectivity index (χ0v) is 8.13. The van der Waals surface area contributed by atoms with Crippen LogP contribution in [-0.2, 0) is 11.8 Å². The van der Waals surface area contributed by atoms with Crippen molar-refractivity contribution in [1.82, 2.24) is 4.57 Å². The Labute approximate surface area is 77.5 Å². The Morgan fingerprint density at radius 1 is 1.69 bits per heavy atom. The highest BCUT2D eigenvalue weighted by Crippen LogP contribution is 2.12. The second-order valence-corrected chi connectivity index (χ2v) is 2.70. The summed E-state index contributed by atoms with van der Waals surface area (Å²) in [4.78, 5) is 11.3. The van der Waals surface area contributed by atoms with E-state index in [0.717, 1.165) is 5.69 Å². The number of ether oxygens (including phenoxy) is 1. The minimum Gasteiger partial charge on any atom is -0.461 e. The monoisotopic (exact) mass is 182 g/mol. The van der Waals surface area contributed by atoms with Crippen LogP contribution in [0.15, 0.2) is 12.3 Å². The van der Waals surface area contributed by atoms with Gasteiger partial charge in [0.05, 0.1) is 12.3 Å². The molecule has 0 saturated heterocycles. The van der Waals surface area contributed by atoms with Crippen molar-refractivity contribution in [2.45, 2.75) is 6.92 Å². The molecule has 1 heterocycles. The summed E-state index contributed by atoms with van der Waals surface area (Å²) in [7, 11) is 3.62. The molecule has 0 aliphatic rings. The van der Waals surface area contributed by atoms with Crippen LogP contribution < -0.4 is 5.32 Å². The van der Waals surface area contributed by atoms with Gasteiger partial charge in [0.1, 0.15) is 5.69 Å². The van der Waals surface area contributed by atoms with Gasteiger partial charge in [-0.05, 0) is 13.0 Å². The van der Waals surface area contributed by atoms with Gasteiger partial charge >= 0.3 is 5.97 Å². The minimum absolute atomic E-state index is 0.286. The van der Waals surface area contributed by atoms with Crippen molar-refractivity contribution in [2.75, 3.05) is 19.0 Å². The maximum absolute atomic E-state index is 11.3. The van der Waals surface area contributed by atoms with E-state index < -0.39 is 0 Å². The van der Waals surface area contributed by atoms with Crippen molar-refractivity contribution >= 4 is 11.7 Å². The molecule has 0 spiro atoms. The van der Waals surface area contributed by atoms with E-state index in [9.17, 15) is 4.79 Å². The zero-order chi connectivity index (χ0) is 9.84. The standard InChI is InChI=1S/C9H14N2O2/c1-4-13-9(12)8-5-7(10-2)6-11(8)3/h5-6,10H,4H2,1-3H3. The molecular weight excluding hydrogens is 168 g/mol. The number of hydrogen-bond acceptors (Lipinski definition) is 3. The van der Waals surface area contributed by atoms with Crippen LogP contribution in [0.2, 0.25) is 0 Å². The van der Waals surface area contributed by atoms with Crippen LogP contribution in [0.3, 0.4) is 0 Å². The first-order valence-electron chi connectivity index (χ1n) is 4.20. The lowest BCUT2D eigenvalue weighted by Crippen LogP contribution is -2.08. The summed E-state index contributed by atoms with van der Waals surface area (Å²) in [6.45, 7) is 2.19. The first-order valence-corrected chi connectivity index (χ1v) is 4.20. The third kappa shape index (κ3) is 2.02. The van der Waals surface area contributed by atoms with Crippen molar-refractivity contribution in [3.05, 3.63) is 18.0 Å². The smallest absolute Gasteiger partial charge is 0.355 e. The van der Waals surface area contributed by atoms with Crippen LogP contribution in [0, 0.1) is 0 Å². The van der Waals surface area contributed by atoms with Crippen LogP contribution in [0.5, 0.6) is 0 Å². The van der Waals surface area contributed by atoms with Gasteiger partial charge in [-0.1, -0.05) is 0 Å². The van der Waals surface area contributed by atoms with E-state index in [-0.39, 0.29) is 5.97 Å². The number of nitrogens with one attached hydrogen (secondary N) is 1. The van der Waals surface area contributed by atoms with Gasteiger partial charge in [-0.3, -0.25) is 0 Å². The van der Waals surface area contributed by atoms with Crippen LogP contribution in [0.25, 0.3) is 0 Å². The topological polar surface area (TPSA) is 43.3 Å². The largest absolute Gasteiger partial charge is 0.461 e. The maximum atomic E-state index is 11.3. The molecule has 1 aromatic rings. The lowest BCUT2D eigenvalue weighted by atomic mass is 10.4. The molecule has 72 valence electrons. The number of carbonyl (C=O) groups is 1. The van der Waals surface area contributed by atoms with Crippen LogP contribution in [0.1, 0.15) is 17.4 Å². The van der Waals surface area contributed by atoms with Crippen molar-refractivity contribution < 1.29 is 9.53 Å². The number of nitrogens with zero attached hydrogens (tertiary/aromatic N) is 1. The molecule has 0 atom stereocenters. The Balaban J connectivity index is 2.87. The molecular formula is C9H14N2O2. The number of aromatic nitrogens is 1. The van der Waals surface area contributed by atoms with E-state index in [1.807, 2.05) is 20.3 Å². The van der Waals surface area contributed by atoms with Gasteiger partial charge in [0.2, 0.25) is 0 Å². The van der Waals surface area contributed by atoms with E-state index in [4.69, 9.17) is 4.74 Å². The van der Waals surface area contributed by atoms with Crippen molar-refractivity contribution in [1.29, 1.82) is 0 Å². The summed E-state index contributed by atoms with van der Waals surface area (Å²) in [5.41, 5.74) is 1.47. The summed E-state index contributed by atoms with van der Waals surface area (Å²) in [6, 6.07) is 1.76. The van der Waals surface area contributed by atoms with Crippen molar-refractivity contribution in [3.63, 3.8) is 0 Å². The van der Waals surface area contributed by atoms with E-state index in [2.05, 4.69) is 5.32 Å². The third-order valence-corrected chi connectivity index (χ3v) is 1.78. The van der Waals surface area contributed by atoms with E-state index >= 15 is 0 Å². The number of esters is 1. The van der Waals surface area contributed by atoms with E-state index in [0.29, 0.717) is 12.3 Å². The Hall–Kier alpha value is -1.45. The average molecular weight is 182 g/mol. The molecule has 13 heavy (non-hydrogen) atoms. The molecule has 1 aromatic heterocycles. The predicted octanol–water partition coefficient (Wildman–Crippen LogP) is 1.24. The van der Waals surface area contributed by atoms with E-state index in [1.54, 1.807) is 17.6 Å². The fraction of sp³-hybridized carbons (Fsp3) is 0.444. The molecule has 0 amide bonds. The molecule has 4 nitrogen and oxygen atoms in total. The van der Waals surface area contributed by atoms with Gasteiger partial charge in [-0.15, -0.1) is 0 Å². The Kier molecular flexibility index (Phi) is 2.95. The molecule has 0 radical (unpaired) electrons. The lowest BCUT2D eigenvalue weighted by molar-refractivity contribution is 0.0515. The number of aryl methyl sites for hydroxylation is 1. The summed E-state index contributed by atoms with van der Waals surface area (Å²) in [6.07, 6.45) is 1.84. The Morgan fingerprint density at radius 2 is 2.38 bits per heavy atom. The zero-order valence-electron chi connectivity index (χ0n) is 8.13. The van der Waals surface area contributed by atoms with Crippen LogP contribution in [0.4, 0.5) is 5.69 Å². The lowest BCUT2D eigenvalue weighted by Gasteiger charge is -2.01. The Morgan fingerprint density at radius 3 is 2.85 bits per heavy atom.